The van der Waals surface area contributed by atoms with Crippen LogP contribution in [0.4, 0.5) is 0 Å². The highest BCUT2D eigenvalue weighted by molar-refractivity contribution is 7.79. The zero-order valence-electron chi connectivity index (χ0n) is 6.77. The van der Waals surface area contributed by atoms with E-state index in [9.17, 15) is 9.00 Å². The Kier molecular flexibility index (Phi) is 3.30. The Morgan fingerprint density at radius 2 is 1.92 bits per heavy atom. The fraction of sp³-hybridized carbons (Fsp3) is 0.125. The van der Waals surface area contributed by atoms with Gasteiger partial charge in [0.05, 0.1) is 11.4 Å². The number of Topliss-reactive ketones (excluding diaryl/α,β-unsaturated/α-hetero) is 1. The second-order valence-corrected chi connectivity index (χ2v) is 3.37. The maximum Gasteiger partial charge on any atom is 0.186 e. The summed E-state index contributed by atoms with van der Waals surface area (Å²) in [6.07, 6.45) is 0. The van der Waals surface area contributed by atoms with Gasteiger partial charge in [0, 0.05) is 5.56 Å². The van der Waals surface area contributed by atoms with Gasteiger partial charge in [-0.05, 0) is 12.1 Å². The van der Waals surface area contributed by atoms with E-state index < -0.39 is 11.1 Å². The molecular weight excluding hydrogens is 190 g/mol. The van der Waals surface area contributed by atoms with Gasteiger partial charge in [-0.1, -0.05) is 12.1 Å². The van der Waals surface area contributed by atoms with Crippen LogP contribution in [0.3, 0.4) is 0 Å². The number of carbonyl (C=O) groups is 1. The van der Waals surface area contributed by atoms with E-state index in [0.29, 0.717) is 5.56 Å². The predicted molar refractivity (Wildman–Crippen MR) is 48.9 cm³/mol. The molecule has 1 unspecified atom stereocenters. The first-order valence-electron chi connectivity index (χ1n) is 3.59. The van der Waals surface area contributed by atoms with Crippen molar-refractivity contribution in [3.8, 4) is 0 Å². The minimum absolute atomic E-state index is 0.0540. The SMILES string of the molecule is NCC(=O)c1ccc(S(=O)O)cc1. The number of hydrogen-bond donors (Lipinski definition) is 2. The van der Waals surface area contributed by atoms with Crippen LogP contribution < -0.4 is 5.73 Å². The molecule has 5 heteroatoms. The molecule has 13 heavy (non-hydrogen) atoms. The van der Waals surface area contributed by atoms with Crippen LogP contribution >= 0.6 is 0 Å². The van der Waals surface area contributed by atoms with Gasteiger partial charge in [0.2, 0.25) is 0 Å². The van der Waals surface area contributed by atoms with Crippen LogP contribution in [0.1, 0.15) is 10.4 Å². The van der Waals surface area contributed by atoms with E-state index in [1.54, 1.807) is 0 Å². The van der Waals surface area contributed by atoms with Crippen molar-refractivity contribution in [1.29, 1.82) is 0 Å². The van der Waals surface area contributed by atoms with Gasteiger partial charge in [0.25, 0.3) is 0 Å². The predicted octanol–water partition coefficient (Wildman–Crippen LogP) is 0.409. The smallest absolute Gasteiger partial charge is 0.186 e. The molecule has 0 amide bonds. The summed E-state index contributed by atoms with van der Waals surface area (Å²) in [7, 11) is 0. The Morgan fingerprint density at radius 1 is 1.38 bits per heavy atom. The standard InChI is InChI=1S/C8H9NO3S/c9-5-8(10)6-1-3-7(4-2-6)13(11)12/h1-4H,5,9H2,(H,11,12). The molecule has 1 aromatic rings. The van der Waals surface area contributed by atoms with Crippen molar-refractivity contribution >= 4 is 16.9 Å². The highest BCUT2D eigenvalue weighted by atomic mass is 32.2. The number of ketones is 1. The topological polar surface area (TPSA) is 80.4 Å². The van der Waals surface area contributed by atoms with Crippen molar-refractivity contribution in [3.63, 3.8) is 0 Å². The van der Waals surface area contributed by atoms with E-state index in [1.807, 2.05) is 0 Å². The van der Waals surface area contributed by atoms with Crippen molar-refractivity contribution < 1.29 is 13.6 Å². The number of hydrogen-bond acceptors (Lipinski definition) is 3. The van der Waals surface area contributed by atoms with E-state index in [1.165, 1.54) is 24.3 Å². The van der Waals surface area contributed by atoms with E-state index in [2.05, 4.69) is 0 Å². The number of nitrogens with two attached hydrogens (primary N) is 1. The largest absolute Gasteiger partial charge is 0.324 e. The third kappa shape index (κ3) is 2.45. The normalized spacial score (nSPS) is 12.5. The van der Waals surface area contributed by atoms with Crippen LogP contribution in [0.15, 0.2) is 29.2 Å². The summed E-state index contributed by atoms with van der Waals surface area (Å²) >= 11 is -1.99. The molecule has 1 atom stereocenters. The second-order valence-electron chi connectivity index (χ2n) is 2.40. The maximum absolute atomic E-state index is 11.0. The number of rotatable bonds is 3. The zero-order chi connectivity index (χ0) is 9.84. The Labute approximate surface area is 78.0 Å². The Morgan fingerprint density at radius 3 is 2.31 bits per heavy atom. The van der Waals surface area contributed by atoms with Crippen molar-refractivity contribution in [2.24, 2.45) is 5.73 Å². The van der Waals surface area contributed by atoms with Crippen LogP contribution in [0, 0.1) is 0 Å². The molecule has 0 aromatic heterocycles. The first-order valence-corrected chi connectivity index (χ1v) is 4.70. The van der Waals surface area contributed by atoms with Crippen LogP contribution in [-0.2, 0) is 11.1 Å². The second kappa shape index (κ2) is 4.27. The average Bonchev–Trinajstić information content (AvgIpc) is 2.17. The molecule has 0 spiro atoms. The highest BCUT2D eigenvalue weighted by Gasteiger charge is 2.04. The van der Waals surface area contributed by atoms with Crippen LogP contribution in [0.5, 0.6) is 0 Å². The molecule has 0 heterocycles. The molecule has 0 bridgehead atoms. The molecule has 0 aliphatic heterocycles. The van der Waals surface area contributed by atoms with Gasteiger partial charge in [0.1, 0.15) is 0 Å². The minimum atomic E-state index is -1.99. The molecule has 0 saturated carbocycles. The van der Waals surface area contributed by atoms with Gasteiger partial charge in [-0.2, -0.15) is 0 Å². The number of benzene rings is 1. The van der Waals surface area contributed by atoms with Gasteiger partial charge in [-0.25, -0.2) is 4.21 Å². The summed E-state index contributed by atoms with van der Waals surface area (Å²) in [5, 5.41) is 0. The monoisotopic (exact) mass is 199 g/mol. The lowest BCUT2D eigenvalue weighted by atomic mass is 10.1. The van der Waals surface area contributed by atoms with Crippen LogP contribution in [-0.4, -0.2) is 21.1 Å². The molecule has 3 N–H and O–H groups in total. The molecule has 70 valence electrons. The maximum atomic E-state index is 11.0. The molecule has 0 radical (unpaired) electrons. The fourth-order valence-corrected chi connectivity index (χ4v) is 1.24. The summed E-state index contributed by atoms with van der Waals surface area (Å²) in [5.41, 5.74) is 5.60. The van der Waals surface area contributed by atoms with Crippen molar-refractivity contribution in [3.05, 3.63) is 29.8 Å². The highest BCUT2D eigenvalue weighted by Crippen LogP contribution is 2.07. The Balaban J connectivity index is 2.93. The molecule has 0 aliphatic rings. The molecule has 1 rings (SSSR count). The average molecular weight is 199 g/mol. The fourth-order valence-electron chi connectivity index (χ4n) is 0.875. The first kappa shape index (κ1) is 10.0. The molecule has 1 aromatic carbocycles. The third-order valence-electron chi connectivity index (χ3n) is 1.56. The molecule has 4 nitrogen and oxygen atoms in total. The van der Waals surface area contributed by atoms with Gasteiger partial charge in [-0.15, -0.1) is 0 Å². The number of carbonyl (C=O) groups excluding carboxylic acids is 1. The third-order valence-corrected chi connectivity index (χ3v) is 2.24. The van der Waals surface area contributed by atoms with E-state index in [0.717, 1.165) is 0 Å². The quantitative estimate of drug-likeness (QED) is 0.545. The van der Waals surface area contributed by atoms with E-state index >= 15 is 0 Å². The summed E-state index contributed by atoms with van der Waals surface area (Å²) in [6.45, 7) is -0.0540. The molecule has 0 fully saturated rings. The Bertz CT molecular complexity index is 334. The first-order chi connectivity index (χ1) is 6.15. The Hall–Kier alpha value is -1.04. The van der Waals surface area contributed by atoms with Crippen molar-refractivity contribution in [1.82, 2.24) is 0 Å². The summed E-state index contributed by atoms with van der Waals surface area (Å²) < 4.78 is 19.2. The summed E-state index contributed by atoms with van der Waals surface area (Å²) in [4.78, 5) is 11.3. The van der Waals surface area contributed by atoms with Crippen LogP contribution in [0.2, 0.25) is 0 Å². The van der Waals surface area contributed by atoms with E-state index in [-0.39, 0.29) is 17.2 Å². The van der Waals surface area contributed by atoms with Gasteiger partial charge in [-0.3, -0.25) is 4.79 Å². The lowest BCUT2D eigenvalue weighted by Gasteiger charge is -1.98. The molecule has 0 saturated heterocycles. The van der Waals surface area contributed by atoms with Crippen molar-refractivity contribution in [2.75, 3.05) is 6.54 Å². The summed E-state index contributed by atoms with van der Waals surface area (Å²) in [5.74, 6) is -0.185. The van der Waals surface area contributed by atoms with E-state index in [4.69, 9.17) is 10.3 Å². The van der Waals surface area contributed by atoms with Gasteiger partial charge < -0.3 is 10.3 Å². The van der Waals surface area contributed by atoms with Gasteiger partial charge >= 0.3 is 0 Å². The summed E-state index contributed by atoms with van der Waals surface area (Å²) in [6, 6.07) is 5.83. The van der Waals surface area contributed by atoms with Crippen LogP contribution in [0.25, 0.3) is 0 Å². The molecule has 0 aliphatic carbocycles. The zero-order valence-corrected chi connectivity index (χ0v) is 7.58. The minimum Gasteiger partial charge on any atom is -0.324 e. The molecular formula is C8H9NO3S. The lowest BCUT2D eigenvalue weighted by molar-refractivity contribution is 0.100. The lowest BCUT2D eigenvalue weighted by Crippen LogP contribution is -2.13. The van der Waals surface area contributed by atoms with Gasteiger partial charge in [0.15, 0.2) is 16.9 Å². The van der Waals surface area contributed by atoms with Crippen molar-refractivity contribution in [2.45, 2.75) is 4.90 Å².